The number of hydrogen-bond donors (Lipinski definition) is 0. The lowest BCUT2D eigenvalue weighted by Crippen LogP contribution is -2.14. The van der Waals surface area contributed by atoms with Gasteiger partial charge in [-0.1, -0.05) is 32.1 Å². The molecular weight excluding hydrogens is 244 g/mol. The lowest BCUT2D eigenvalue weighted by molar-refractivity contribution is 0.0941. The van der Waals surface area contributed by atoms with E-state index in [4.69, 9.17) is 9.47 Å². The van der Waals surface area contributed by atoms with Crippen molar-refractivity contribution in [3.63, 3.8) is 0 Å². The van der Waals surface area contributed by atoms with Crippen LogP contribution >= 0.6 is 0 Å². The summed E-state index contributed by atoms with van der Waals surface area (Å²) in [6.07, 6.45) is 8.01. The van der Waals surface area contributed by atoms with Gasteiger partial charge in [-0.2, -0.15) is 4.98 Å². The maximum atomic E-state index is 12.3. The van der Waals surface area contributed by atoms with Crippen molar-refractivity contribution in [2.24, 2.45) is 5.92 Å². The molecule has 1 fully saturated rings. The zero-order chi connectivity index (χ0) is 13.7. The first-order chi connectivity index (χ1) is 9.24. The van der Waals surface area contributed by atoms with Crippen LogP contribution < -0.4 is 9.47 Å². The van der Waals surface area contributed by atoms with Gasteiger partial charge < -0.3 is 9.47 Å². The summed E-state index contributed by atoms with van der Waals surface area (Å²) in [5.74, 6) is 1.10. The maximum absolute atomic E-state index is 12.3. The van der Waals surface area contributed by atoms with Gasteiger partial charge in [-0.3, -0.25) is 4.79 Å². The molecule has 1 aromatic rings. The molecule has 1 aromatic heterocycles. The van der Waals surface area contributed by atoms with E-state index in [-0.39, 0.29) is 11.7 Å². The molecule has 19 heavy (non-hydrogen) atoms. The molecule has 2 rings (SSSR count). The third-order valence-electron chi connectivity index (χ3n) is 3.58. The molecule has 0 radical (unpaired) electrons. The number of Topliss-reactive ketones (excluding diaryl/α,β-unsaturated/α-hetero) is 1. The summed E-state index contributed by atoms with van der Waals surface area (Å²) < 4.78 is 10.1. The van der Waals surface area contributed by atoms with Crippen molar-refractivity contribution in [2.75, 3.05) is 14.2 Å². The molecule has 0 atom stereocenters. The van der Waals surface area contributed by atoms with Crippen LogP contribution in [0.4, 0.5) is 0 Å². The lowest BCUT2D eigenvalue weighted by atomic mass is 9.85. The quantitative estimate of drug-likeness (QED) is 0.765. The highest BCUT2D eigenvalue weighted by Gasteiger charge is 2.22. The summed E-state index contributed by atoms with van der Waals surface area (Å²) in [5.41, 5.74) is 0.314. The average molecular weight is 264 g/mol. The van der Waals surface area contributed by atoms with Crippen LogP contribution in [0, 0.1) is 5.92 Å². The summed E-state index contributed by atoms with van der Waals surface area (Å²) >= 11 is 0. The fourth-order valence-electron chi connectivity index (χ4n) is 2.54. The summed E-state index contributed by atoms with van der Waals surface area (Å²) in [7, 11) is 2.99. The Labute approximate surface area is 113 Å². The van der Waals surface area contributed by atoms with E-state index in [0.717, 1.165) is 12.8 Å². The fraction of sp³-hybridized carbons (Fsp3) is 0.643. The highest BCUT2D eigenvalue weighted by atomic mass is 16.5. The highest BCUT2D eigenvalue weighted by Crippen LogP contribution is 2.28. The Morgan fingerprint density at radius 2 is 2.00 bits per heavy atom. The largest absolute Gasteiger partial charge is 0.480 e. The van der Waals surface area contributed by atoms with Crippen molar-refractivity contribution in [3.8, 4) is 11.8 Å². The third-order valence-corrected chi connectivity index (χ3v) is 3.58. The average Bonchev–Trinajstić information content (AvgIpc) is 2.47. The molecule has 0 saturated heterocycles. The van der Waals surface area contributed by atoms with Gasteiger partial charge in [0.2, 0.25) is 11.8 Å². The summed E-state index contributed by atoms with van der Waals surface area (Å²) in [4.78, 5) is 20.5. The van der Waals surface area contributed by atoms with Gasteiger partial charge >= 0.3 is 0 Å². The second-order valence-corrected chi connectivity index (χ2v) is 4.90. The smallest absolute Gasteiger partial charge is 0.246 e. The molecule has 0 spiro atoms. The maximum Gasteiger partial charge on any atom is 0.246 e. The van der Waals surface area contributed by atoms with Crippen molar-refractivity contribution < 1.29 is 14.3 Å². The van der Waals surface area contributed by atoms with Crippen molar-refractivity contribution in [2.45, 2.75) is 38.5 Å². The molecule has 0 unspecified atom stereocenters. The molecule has 1 heterocycles. The number of rotatable bonds is 5. The number of ether oxygens (including phenoxy) is 2. The molecule has 5 heteroatoms. The topological polar surface area (TPSA) is 61.3 Å². The van der Waals surface area contributed by atoms with E-state index >= 15 is 0 Å². The second-order valence-electron chi connectivity index (χ2n) is 4.90. The SMILES string of the molecule is COc1cnc(C(=O)CC2CCCCC2)c(OC)n1. The second kappa shape index (κ2) is 6.50. The van der Waals surface area contributed by atoms with Crippen LogP contribution in [0.25, 0.3) is 0 Å². The Bertz CT molecular complexity index is 442. The van der Waals surface area contributed by atoms with Crippen molar-refractivity contribution in [1.82, 2.24) is 9.97 Å². The van der Waals surface area contributed by atoms with Gasteiger partial charge in [0, 0.05) is 6.42 Å². The van der Waals surface area contributed by atoms with Gasteiger partial charge in [0.05, 0.1) is 20.4 Å². The van der Waals surface area contributed by atoms with Crippen LogP contribution in [-0.2, 0) is 0 Å². The fourth-order valence-corrected chi connectivity index (χ4v) is 2.54. The minimum absolute atomic E-state index is 0.0129. The number of ketones is 1. The molecule has 1 aliphatic rings. The van der Waals surface area contributed by atoms with Gasteiger partial charge in [0.15, 0.2) is 11.5 Å². The standard InChI is InChI=1S/C14H20N2O3/c1-18-12-9-15-13(14(16-12)19-2)11(17)8-10-6-4-3-5-7-10/h9-10H,3-8H2,1-2H3. The van der Waals surface area contributed by atoms with Crippen LogP contribution in [0.15, 0.2) is 6.20 Å². The van der Waals surface area contributed by atoms with Crippen LogP contribution in [0.2, 0.25) is 0 Å². The molecule has 1 saturated carbocycles. The molecule has 1 aliphatic carbocycles. The number of carbonyl (C=O) groups excluding carboxylic acids is 1. The predicted molar refractivity (Wildman–Crippen MR) is 70.7 cm³/mol. The van der Waals surface area contributed by atoms with E-state index in [9.17, 15) is 4.79 Å². The van der Waals surface area contributed by atoms with E-state index < -0.39 is 0 Å². The summed E-state index contributed by atoms with van der Waals surface area (Å²) in [6.45, 7) is 0. The van der Waals surface area contributed by atoms with E-state index in [0.29, 0.717) is 23.9 Å². The van der Waals surface area contributed by atoms with Crippen molar-refractivity contribution in [3.05, 3.63) is 11.9 Å². The Morgan fingerprint density at radius 3 is 2.63 bits per heavy atom. The van der Waals surface area contributed by atoms with Crippen LogP contribution in [0.3, 0.4) is 0 Å². The van der Waals surface area contributed by atoms with Crippen LogP contribution in [0.1, 0.15) is 49.0 Å². The molecule has 0 N–H and O–H groups in total. The summed E-state index contributed by atoms with van der Waals surface area (Å²) in [6, 6.07) is 0. The van der Waals surface area contributed by atoms with Gasteiger partial charge in [-0.25, -0.2) is 4.98 Å². The van der Waals surface area contributed by atoms with E-state index in [1.54, 1.807) is 0 Å². The number of carbonyl (C=O) groups is 1. The number of aromatic nitrogens is 2. The molecule has 0 aliphatic heterocycles. The Kier molecular flexibility index (Phi) is 4.71. The molecule has 0 bridgehead atoms. The lowest BCUT2D eigenvalue weighted by Gasteiger charge is -2.20. The zero-order valence-electron chi connectivity index (χ0n) is 11.5. The molecule has 0 amide bonds. The number of hydrogen-bond acceptors (Lipinski definition) is 5. The predicted octanol–water partition coefficient (Wildman–Crippen LogP) is 2.65. The van der Waals surface area contributed by atoms with Gasteiger partial charge in [0.25, 0.3) is 0 Å². The van der Waals surface area contributed by atoms with Crippen molar-refractivity contribution >= 4 is 5.78 Å². The molecular formula is C14H20N2O3. The van der Waals surface area contributed by atoms with E-state index in [1.165, 1.54) is 39.7 Å². The minimum Gasteiger partial charge on any atom is -0.480 e. The Morgan fingerprint density at radius 1 is 1.26 bits per heavy atom. The minimum atomic E-state index is 0.0129. The van der Waals surface area contributed by atoms with Crippen LogP contribution in [-0.4, -0.2) is 30.0 Å². The van der Waals surface area contributed by atoms with Gasteiger partial charge in [-0.05, 0) is 5.92 Å². The van der Waals surface area contributed by atoms with E-state index in [1.807, 2.05) is 0 Å². The Balaban J connectivity index is 2.09. The number of methoxy groups -OCH3 is 2. The monoisotopic (exact) mass is 264 g/mol. The molecule has 0 aromatic carbocycles. The van der Waals surface area contributed by atoms with Crippen molar-refractivity contribution in [1.29, 1.82) is 0 Å². The molecule has 5 nitrogen and oxygen atoms in total. The van der Waals surface area contributed by atoms with E-state index in [2.05, 4.69) is 9.97 Å². The third kappa shape index (κ3) is 3.43. The molecule has 104 valence electrons. The zero-order valence-corrected chi connectivity index (χ0v) is 11.5. The highest BCUT2D eigenvalue weighted by molar-refractivity contribution is 5.96. The van der Waals surface area contributed by atoms with Gasteiger partial charge in [-0.15, -0.1) is 0 Å². The first-order valence-electron chi connectivity index (χ1n) is 6.72. The normalized spacial score (nSPS) is 16.1. The van der Waals surface area contributed by atoms with Gasteiger partial charge in [0.1, 0.15) is 0 Å². The first-order valence-corrected chi connectivity index (χ1v) is 6.72. The first kappa shape index (κ1) is 13.8. The Hall–Kier alpha value is -1.65. The number of nitrogens with zero attached hydrogens (tertiary/aromatic N) is 2. The van der Waals surface area contributed by atoms with Crippen LogP contribution in [0.5, 0.6) is 11.8 Å². The summed E-state index contributed by atoms with van der Waals surface area (Å²) in [5, 5.41) is 0.